The van der Waals surface area contributed by atoms with E-state index in [1.807, 2.05) is 48.5 Å². The van der Waals surface area contributed by atoms with Crippen LogP contribution in [0.5, 0.6) is 17.2 Å². The highest BCUT2D eigenvalue weighted by atomic mass is 31.2. The molecular formula is C30H22NO6P. The number of rotatable bonds is 6. The molecule has 7 nitrogen and oxygen atoms in total. The van der Waals surface area contributed by atoms with Crippen molar-refractivity contribution in [2.45, 2.75) is 0 Å². The molecule has 4 aromatic carbocycles. The second-order valence-electron chi connectivity index (χ2n) is 8.74. The fraction of sp³-hybridized carbons (Fsp3) is 0.0333. The molecule has 0 radical (unpaired) electrons. The van der Waals surface area contributed by atoms with Crippen LogP contribution in [0.15, 0.2) is 103 Å². The van der Waals surface area contributed by atoms with Gasteiger partial charge in [0.1, 0.15) is 17.2 Å². The summed E-state index contributed by atoms with van der Waals surface area (Å²) in [7, 11) is -2.51. The summed E-state index contributed by atoms with van der Waals surface area (Å²) in [4.78, 5) is 27.2. The van der Waals surface area contributed by atoms with Crippen molar-refractivity contribution < 1.29 is 28.3 Å². The van der Waals surface area contributed by atoms with E-state index in [1.54, 1.807) is 31.4 Å². The van der Waals surface area contributed by atoms with Crippen LogP contribution in [0, 0.1) is 0 Å². The molecule has 0 fully saturated rings. The summed E-state index contributed by atoms with van der Waals surface area (Å²) < 4.78 is 29.6. The van der Waals surface area contributed by atoms with E-state index in [4.69, 9.17) is 14.0 Å². The summed E-state index contributed by atoms with van der Waals surface area (Å²) in [5, 5.41) is 1.04. The lowest BCUT2D eigenvalue weighted by Gasteiger charge is -2.13. The first-order valence-corrected chi connectivity index (χ1v) is 13.4. The number of nitrogens with one attached hydrogen (secondary N) is 1. The maximum Gasteiger partial charge on any atom is 0.408 e. The predicted molar refractivity (Wildman–Crippen MR) is 146 cm³/mol. The van der Waals surface area contributed by atoms with Gasteiger partial charge in [0.25, 0.3) is 0 Å². The van der Waals surface area contributed by atoms with Crippen molar-refractivity contribution in [3.05, 3.63) is 114 Å². The van der Waals surface area contributed by atoms with Crippen LogP contribution < -0.4 is 19.3 Å². The Hall–Kier alpha value is -4.58. The molecule has 8 heteroatoms. The first-order chi connectivity index (χ1) is 18.4. The van der Waals surface area contributed by atoms with Gasteiger partial charge in [0, 0.05) is 22.5 Å². The minimum absolute atomic E-state index is 0.120. The standard InChI is InChI=1S/C30H22NO6P/c1-35-20-13-15-26-24(16-20)25(29(31-26)19-8-4-2-5-9-19)18-28-30(32)23-14-12-21(17-27(23)36-28)37-38(33,34)22-10-6-3-7-11-22/h2-18,31H,1H3,(H,33,34). The normalized spacial score (nSPS) is 15.2. The van der Waals surface area contributed by atoms with Crippen LogP contribution in [-0.4, -0.2) is 22.8 Å². The lowest BCUT2D eigenvalue weighted by molar-refractivity contribution is 0.101. The number of H-pyrrole nitrogens is 1. The summed E-state index contributed by atoms with van der Waals surface area (Å²) in [6, 6.07) is 28.1. The van der Waals surface area contributed by atoms with Gasteiger partial charge in [-0.2, -0.15) is 0 Å². The van der Waals surface area contributed by atoms with Crippen LogP contribution in [0.25, 0.3) is 28.2 Å². The molecule has 0 saturated heterocycles. The Morgan fingerprint density at radius 1 is 0.895 bits per heavy atom. The van der Waals surface area contributed by atoms with Gasteiger partial charge in [-0.1, -0.05) is 48.5 Å². The van der Waals surface area contributed by atoms with Crippen LogP contribution >= 0.6 is 7.60 Å². The number of hydrogen-bond acceptors (Lipinski definition) is 5. The minimum atomic E-state index is -4.12. The number of carbonyl (C=O) groups excluding carboxylic acids is 1. The van der Waals surface area contributed by atoms with Crippen LogP contribution in [0.3, 0.4) is 0 Å². The van der Waals surface area contributed by atoms with Crippen molar-refractivity contribution in [1.29, 1.82) is 0 Å². The Kier molecular flexibility index (Phi) is 5.87. The molecular weight excluding hydrogens is 501 g/mol. The molecule has 1 unspecified atom stereocenters. The number of aromatic amines is 1. The van der Waals surface area contributed by atoms with Crippen molar-refractivity contribution in [3.8, 4) is 28.5 Å². The zero-order valence-electron chi connectivity index (χ0n) is 20.3. The second kappa shape index (κ2) is 9.38. The summed E-state index contributed by atoms with van der Waals surface area (Å²) in [6.45, 7) is 0. The molecule has 1 aliphatic heterocycles. The third kappa shape index (κ3) is 4.28. The van der Waals surface area contributed by atoms with Gasteiger partial charge in [0.15, 0.2) is 5.76 Å². The zero-order chi connectivity index (χ0) is 26.3. The highest BCUT2D eigenvalue weighted by Gasteiger charge is 2.30. The van der Waals surface area contributed by atoms with Gasteiger partial charge < -0.3 is 23.9 Å². The van der Waals surface area contributed by atoms with Crippen molar-refractivity contribution in [1.82, 2.24) is 4.98 Å². The monoisotopic (exact) mass is 523 g/mol. The number of ketones is 1. The zero-order valence-corrected chi connectivity index (χ0v) is 21.1. The minimum Gasteiger partial charge on any atom is -0.497 e. The van der Waals surface area contributed by atoms with E-state index >= 15 is 0 Å². The van der Waals surface area contributed by atoms with Gasteiger partial charge >= 0.3 is 7.60 Å². The highest BCUT2D eigenvalue weighted by Crippen LogP contribution is 2.44. The maximum absolute atomic E-state index is 13.3. The average Bonchev–Trinajstić information content (AvgIpc) is 3.46. The third-order valence-electron chi connectivity index (χ3n) is 6.34. The van der Waals surface area contributed by atoms with Gasteiger partial charge in [-0.05, 0) is 54.1 Å². The van der Waals surface area contributed by atoms with Gasteiger partial charge in [-0.15, -0.1) is 0 Å². The number of ether oxygens (including phenoxy) is 2. The van der Waals surface area contributed by atoms with E-state index < -0.39 is 7.60 Å². The smallest absolute Gasteiger partial charge is 0.408 e. The molecule has 0 aliphatic carbocycles. The average molecular weight is 523 g/mol. The number of benzene rings is 4. The van der Waals surface area contributed by atoms with Crippen LogP contribution in [0.1, 0.15) is 15.9 Å². The number of methoxy groups -OCH3 is 1. The van der Waals surface area contributed by atoms with E-state index in [-0.39, 0.29) is 28.3 Å². The number of fused-ring (bicyclic) bond motifs is 2. The van der Waals surface area contributed by atoms with Gasteiger partial charge in [-0.3, -0.25) is 4.79 Å². The van der Waals surface area contributed by atoms with Gasteiger partial charge in [0.05, 0.1) is 23.7 Å². The Morgan fingerprint density at radius 2 is 1.61 bits per heavy atom. The van der Waals surface area contributed by atoms with Crippen molar-refractivity contribution in [3.63, 3.8) is 0 Å². The van der Waals surface area contributed by atoms with E-state index in [9.17, 15) is 14.3 Å². The summed E-state index contributed by atoms with van der Waals surface area (Å²) in [6.07, 6.45) is 1.71. The Bertz CT molecular complexity index is 1760. The van der Waals surface area contributed by atoms with Crippen molar-refractivity contribution in [2.75, 3.05) is 7.11 Å². The quantitative estimate of drug-likeness (QED) is 0.199. The number of carbonyl (C=O) groups is 1. The highest BCUT2D eigenvalue weighted by molar-refractivity contribution is 7.61. The van der Waals surface area contributed by atoms with Gasteiger partial charge in [0.2, 0.25) is 5.78 Å². The van der Waals surface area contributed by atoms with E-state index in [0.717, 1.165) is 27.7 Å². The Balaban J connectivity index is 1.38. The lowest BCUT2D eigenvalue weighted by Crippen LogP contribution is -2.08. The summed E-state index contributed by atoms with van der Waals surface area (Å²) in [5.41, 5.74) is 3.79. The fourth-order valence-corrected chi connectivity index (χ4v) is 5.52. The molecule has 188 valence electrons. The first-order valence-electron chi connectivity index (χ1n) is 11.8. The molecule has 38 heavy (non-hydrogen) atoms. The molecule has 0 amide bonds. The van der Waals surface area contributed by atoms with Crippen LogP contribution in [0.2, 0.25) is 0 Å². The maximum atomic E-state index is 13.3. The number of Topliss-reactive ketones (excluding diaryl/α,β-unsaturated/α-hetero) is 1. The first kappa shape index (κ1) is 23.8. The SMILES string of the molecule is COc1ccc2[nH]c(-c3ccccc3)c(C=C3Oc4cc(OP(=O)(O)c5ccccc5)ccc4C3=O)c2c1. The predicted octanol–water partition coefficient (Wildman–Crippen LogP) is 6.35. The van der Waals surface area contributed by atoms with Crippen LogP contribution in [0.4, 0.5) is 0 Å². The largest absolute Gasteiger partial charge is 0.497 e. The molecule has 6 rings (SSSR count). The van der Waals surface area contributed by atoms with E-state index in [0.29, 0.717) is 11.3 Å². The Morgan fingerprint density at radius 3 is 2.34 bits per heavy atom. The fourth-order valence-electron chi connectivity index (χ4n) is 4.47. The third-order valence-corrected chi connectivity index (χ3v) is 7.75. The lowest BCUT2D eigenvalue weighted by atomic mass is 10.0. The molecule has 2 N–H and O–H groups in total. The number of hydrogen-bond donors (Lipinski definition) is 2. The van der Waals surface area contributed by atoms with Crippen molar-refractivity contribution in [2.24, 2.45) is 0 Å². The topological polar surface area (TPSA) is 97.8 Å². The molecule has 5 aromatic rings. The van der Waals surface area contributed by atoms with Crippen molar-refractivity contribution >= 4 is 35.7 Å². The Labute approximate surface area is 218 Å². The molecule has 2 heterocycles. The number of aromatic nitrogens is 1. The summed E-state index contributed by atoms with van der Waals surface area (Å²) in [5.74, 6) is 0.900. The van der Waals surface area contributed by atoms with Gasteiger partial charge in [-0.25, -0.2) is 4.57 Å². The molecule has 1 atom stereocenters. The van der Waals surface area contributed by atoms with E-state index in [1.165, 1.54) is 30.3 Å². The summed E-state index contributed by atoms with van der Waals surface area (Å²) >= 11 is 0. The second-order valence-corrected chi connectivity index (χ2v) is 10.5. The molecule has 1 aliphatic rings. The molecule has 0 saturated carbocycles. The molecule has 1 aromatic heterocycles. The number of allylic oxidation sites excluding steroid dienone is 1. The van der Waals surface area contributed by atoms with E-state index in [2.05, 4.69) is 4.98 Å². The molecule has 0 bridgehead atoms. The molecule has 0 spiro atoms. The van der Waals surface area contributed by atoms with Crippen LogP contribution in [-0.2, 0) is 4.57 Å².